The maximum atomic E-state index is 11.0. The number of rotatable bonds is 5. The van der Waals surface area contributed by atoms with Crippen LogP contribution in [0, 0.1) is 11.3 Å². The molecule has 0 unspecified atom stereocenters. The summed E-state index contributed by atoms with van der Waals surface area (Å²) in [6, 6.07) is 14.3. The number of hydrogen-bond donors (Lipinski definition) is 0. The number of carbonyl (C=O) groups is 1. The van der Waals surface area contributed by atoms with Gasteiger partial charge in [0.15, 0.2) is 6.29 Å². The second kappa shape index (κ2) is 6.39. The SMILES string of the molecule is COc1ccc(OCc2ccccc2C#N)c(C=O)c1. The number of methoxy groups -OCH3 is 1. The second-order valence-electron chi connectivity index (χ2n) is 4.08. The van der Waals surface area contributed by atoms with Crippen LogP contribution in [-0.2, 0) is 6.61 Å². The van der Waals surface area contributed by atoms with Crippen LogP contribution >= 0.6 is 0 Å². The Morgan fingerprint density at radius 3 is 2.75 bits per heavy atom. The van der Waals surface area contributed by atoms with E-state index in [2.05, 4.69) is 6.07 Å². The highest BCUT2D eigenvalue weighted by Gasteiger charge is 2.07. The molecular weight excluding hydrogens is 254 g/mol. The third kappa shape index (κ3) is 2.96. The molecule has 0 radical (unpaired) electrons. The average molecular weight is 267 g/mol. The third-order valence-corrected chi connectivity index (χ3v) is 2.86. The molecule has 100 valence electrons. The normalized spacial score (nSPS) is 9.60. The predicted molar refractivity (Wildman–Crippen MR) is 73.9 cm³/mol. The molecule has 0 aliphatic heterocycles. The Bertz CT molecular complexity index is 659. The summed E-state index contributed by atoms with van der Waals surface area (Å²) < 4.78 is 10.7. The van der Waals surface area contributed by atoms with Gasteiger partial charge >= 0.3 is 0 Å². The van der Waals surface area contributed by atoms with Crippen molar-refractivity contribution < 1.29 is 14.3 Å². The number of nitriles is 1. The van der Waals surface area contributed by atoms with Gasteiger partial charge in [0.25, 0.3) is 0 Å². The van der Waals surface area contributed by atoms with Crippen LogP contribution in [-0.4, -0.2) is 13.4 Å². The fourth-order valence-corrected chi connectivity index (χ4v) is 1.79. The van der Waals surface area contributed by atoms with E-state index in [1.165, 1.54) is 7.11 Å². The summed E-state index contributed by atoms with van der Waals surface area (Å²) in [7, 11) is 1.54. The Labute approximate surface area is 117 Å². The molecule has 2 rings (SSSR count). The lowest BCUT2D eigenvalue weighted by atomic mass is 10.1. The number of carbonyl (C=O) groups excluding carboxylic acids is 1. The van der Waals surface area contributed by atoms with Crippen LogP contribution in [0.25, 0.3) is 0 Å². The summed E-state index contributed by atoms with van der Waals surface area (Å²) in [6.45, 7) is 0.233. The van der Waals surface area contributed by atoms with Crippen molar-refractivity contribution in [2.45, 2.75) is 6.61 Å². The van der Waals surface area contributed by atoms with Crippen molar-refractivity contribution >= 4 is 6.29 Å². The van der Waals surface area contributed by atoms with Gasteiger partial charge in [0, 0.05) is 5.56 Å². The fourth-order valence-electron chi connectivity index (χ4n) is 1.79. The minimum absolute atomic E-state index is 0.233. The molecule has 0 atom stereocenters. The summed E-state index contributed by atoms with van der Waals surface area (Å²) in [5, 5.41) is 9.01. The molecule has 0 aliphatic carbocycles. The zero-order chi connectivity index (χ0) is 14.4. The number of aldehydes is 1. The zero-order valence-corrected chi connectivity index (χ0v) is 11.0. The monoisotopic (exact) mass is 267 g/mol. The molecular formula is C16H13NO3. The van der Waals surface area contributed by atoms with Gasteiger partial charge in [-0.2, -0.15) is 5.26 Å². The molecule has 2 aromatic carbocycles. The first-order valence-corrected chi connectivity index (χ1v) is 6.02. The highest BCUT2D eigenvalue weighted by molar-refractivity contribution is 5.80. The summed E-state index contributed by atoms with van der Waals surface area (Å²) in [5.74, 6) is 1.06. The molecule has 2 aromatic rings. The lowest BCUT2D eigenvalue weighted by molar-refractivity contribution is 0.111. The van der Waals surface area contributed by atoms with Crippen LogP contribution in [0.1, 0.15) is 21.5 Å². The molecule has 0 amide bonds. The largest absolute Gasteiger partial charge is 0.497 e. The first-order valence-electron chi connectivity index (χ1n) is 6.02. The Hall–Kier alpha value is -2.80. The van der Waals surface area contributed by atoms with Crippen molar-refractivity contribution in [3.8, 4) is 17.6 Å². The fraction of sp³-hybridized carbons (Fsp3) is 0.125. The van der Waals surface area contributed by atoms with Crippen LogP contribution in [0.4, 0.5) is 0 Å². The quantitative estimate of drug-likeness (QED) is 0.781. The van der Waals surface area contributed by atoms with Crippen molar-refractivity contribution in [1.82, 2.24) is 0 Å². The molecule has 0 aliphatic rings. The molecule has 0 spiro atoms. The number of nitrogens with zero attached hydrogens (tertiary/aromatic N) is 1. The molecule has 4 heteroatoms. The Balaban J connectivity index is 2.19. The summed E-state index contributed by atoms with van der Waals surface area (Å²) in [6.07, 6.45) is 0.716. The Morgan fingerprint density at radius 1 is 1.25 bits per heavy atom. The standard InChI is InChI=1S/C16H13NO3/c1-19-15-6-7-16(14(8-15)10-18)20-11-13-5-3-2-4-12(13)9-17/h2-8,10H,11H2,1H3. The minimum atomic E-state index is 0.233. The summed E-state index contributed by atoms with van der Waals surface area (Å²) in [5.41, 5.74) is 1.76. The smallest absolute Gasteiger partial charge is 0.153 e. The number of benzene rings is 2. The van der Waals surface area contributed by atoms with Crippen LogP contribution in [0.15, 0.2) is 42.5 Å². The van der Waals surface area contributed by atoms with E-state index in [-0.39, 0.29) is 6.61 Å². The van der Waals surface area contributed by atoms with Gasteiger partial charge in [0.1, 0.15) is 18.1 Å². The number of ether oxygens (including phenoxy) is 2. The topological polar surface area (TPSA) is 59.3 Å². The van der Waals surface area contributed by atoms with Crippen molar-refractivity contribution in [2.24, 2.45) is 0 Å². The molecule has 0 saturated carbocycles. The molecule has 0 heterocycles. The van der Waals surface area contributed by atoms with Crippen LogP contribution in [0.3, 0.4) is 0 Å². The minimum Gasteiger partial charge on any atom is -0.497 e. The van der Waals surface area contributed by atoms with Crippen LogP contribution in [0.2, 0.25) is 0 Å². The highest BCUT2D eigenvalue weighted by atomic mass is 16.5. The van der Waals surface area contributed by atoms with Gasteiger partial charge in [-0.3, -0.25) is 4.79 Å². The van der Waals surface area contributed by atoms with Crippen molar-refractivity contribution in [2.75, 3.05) is 7.11 Å². The van der Waals surface area contributed by atoms with E-state index in [0.29, 0.717) is 28.9 Å². The van der Waals surface area contributed by atoms with Gasteiger partial charge in [-0.1, -0.05) is 18.2 Å². The molecule has 0 aromatic heterocycles. The van der Waals surface area contributed by atoms with Crippen molar-refractivity contribution in [3.63, 3.8) is 0 Å². The average Bonchev–Trinajstić information content (AvgIpc) is 2.52. The van der Waals surface area contributed by atoms with Crippen LogP contribution in [0.5, 0.6) is 11.5 Å². The van der Waals surface area contributed by atoms with E-state index in [0.717, 1.165) is 5.56 Å². The van der Waals surface area contributed by atoms with Gasteiger partial charge in [-0.05, 0) is 24.3 Å². The molecule has 4 nitrogen and oxygen atoms in total. The lowest BCUT2D eigenvalue weighted by Crippen LogP contribution is -2.00. The maximum absolute atomic E-state index is 11.0. The maximum Gasteiger partial charge on any atom is 0.153 e. The number of hydrogen-bond acceptors (Lipinski definition) is 4. The van der Waals surface area contributed by atoms with Crippen molar-refractivity contribution in [3.05, 3.63) is 59.2 Å². The first-order chi connectivity index (χ1) is 9.78. The summed E-state index contributed by atoms with van der Waals surface area (Å²) >= 11 is 0. The van der Waals surface area contributed by atoms with Gasteiger partial charge in [0.2, 0.25) is 0 Å². The van der Waals surface area contributed by atoms with E-state index in [4.69, 9.17) is 14.7 Å². The molecule has 0 fully saturated rings. The van der Waals surface area contributed by atoms with E-state index in [1.54, 1.807) is 30.3 Å². The zero-order valence-electron chi connectivity index (χ0n) is 11.0. The summed E-state index contributed by atoms with van der Waals surface area (Å²) in [4.78, 5) is 11.0. The molecule has 0 N–H and O–H groups in total. The van der Waals surface area contributed by atoms with Crippen LogP contribution < -0.4 is 9.47 Å². The first kappa shape index (κ1) is 13.6. The van der Waals surface area contributed by atoms with Gasteiger partial charge in [0.05, 0.1) is 24.3 Å². The molecule has 20 heavy (non-hydrogen) atoms. The molecule has 0 bridgehead atoms. The van der Waals surface area contributed by atoms with E-state index in [1.807, 2.05) is 12.1 Å². The van der Waals surface area contributed by atoms with Gasteiger partial charge in [-0.15, -0.1) is 0 Å². The Kier molecular flexibility index (Phi) is 4.35. The predicted octanol–water partition coefficient (Wildman–Crippen LogP) is 2.96. The van der Waals surface area contributed by atoms with E-state index in [9.17, 15) is 4.79 Å². The van der Waals surface area contributed by atoms with E-state index >= 15 is 0 Å². The Morgan fingerprint density at radius 2 is 2.05 bits per heavy atom. The third-order valence-electron chi connectivity index (χ3n) is 2.86. The highest BCUT2D eigenvalue weighted by Crippen LogP contribution is 2.24. The van der Waals surface area contributed by atoms with Gasteiger partial charge in [-0.25, -0.2) is 0 Å². The van der Waals surface area contributed by atoms with E-state index < -0.39 is 0 Å². The lowest BCUT2D eigenvalue weighted by Gasteiger charge is -2.10. The second-order valence-corrected chi connectivity index (χ2v) is 4.08. The van der Waals surface area contributed by atoms with Gasteiger partial charge < -0.3 is 9.47 Å². The van der Waals surface area contributed by atoms with Crippen molar-refractivity contribution in [1.29, 1.82) is 5.26 Å². The molecule has 0 saturated heterocycles.